The molecule has 2 atom stereocenters. The van der Waals surface area contributed by atoms with Crippen molar-refractivity contribution in [1.29, 1.82) is 0 Å². The molecule has 0 spiro atoms. The number of halogens is 1. The van der Waals surface area contributed by atoms with E-state index >= 15 is 0 Å². The van der Waals surface area contributed by atoms with Gasteiger partial charge in [-0.25, -0.2) is 9.07 Å². The van der Waals surface area contributed by atoms with E-state index in [4.69, 9.17) is 0 Å². The lowest BCUT2D eigenvalue weighted by molar-refractivity contribution is -0.120. The number of carbonyl (C=O) groups excluding carboxylic acids is 1. The monoisotopic (exact) mass is 391 g/mol. The smallest absolute Gasteiger partial charge is 0.233 e. The zero-order chi connectivity index (χ0) is 18.5. The topological polar surface area (TPSA) is 72.7 Å². The molecule has 1 N–H and O–H groups in total. The molecule has 6 nitrogen and oxygen atoms in total. The first-order valence-electron chi connectivity index (χ1n) is 8.04. The van der Waals surface area contributed by atoms with Gasteiger partial charge in [-0.3, -0.25) is 4.79 Å². The van der Waals surface area contributed by atoms with E-state index in [1.165, 1.54) is 23.9 Å². The number of benzene rings is 1. The number of amides is 1. The number of thioether (sulfide) groups is 1. The fraction of sp³-hybridized carbons (Fsp3) is 0.294. The fourth-order valence-corrected chi connectivity index (χ4v) is 3.79. The van der Waals surface area contributed by atoms with Gasteiger partial charge in [0, 0.05) is 4.88 Å². The van der Waals surface area contributed by atoms with Crippen LogP contribution in [0.4, 0.5) is 4.39 Å². The molecule has 3 aromatic rings. The maximum Gasteiger partial charge on any atom is 0.233 e. The van der Waals surface area contributed by atoms with Crippen molar-refractivity contribution in [2.45, 2.75) is 36.8 Å². The van der Waals surface area contributed by atoms with E-state index in [0.717, 1.165) is 10.4 Å². The van der Waals surface area contributed by atoms with Crippen molar-refractivity contribution in [2.24, 2.45) is 0 Å². The molecule has 136 valence electrons. The molecular weight excluding hydrogens is 373 g/mol. The van der Waals surface area contributed by atoms with Gasteiger partial charge in [0.05, 0.1) is 17.8 Å². The van der Waals surface area contributed by atoms with E-state index in [1.807, 2.05) is 31.4 Å². The molecule has 0 saturated heterocycles. The van der Waals surface area contributed by atoms with Gasteiger partial charge < -0.3 is 5.32 Å². The van der Waals surface area contributed by atoms with Crippen LogP contribution in [-0.2, 0) is 11.3 Å². The summed E-state index contributed by atoms with van der Waals surface area (Å²) in [5.41, 5.74) is 0.847. The molecular formula is C17H18FN5OS2. The lowest BCUT2D eigenvalue weighted by atomic mass is 10.1. The predicted molar refractivity (Wildman–Crippen MR) is 99.5 cm³/mol. The zero-order valence-electron chi connectivity index (χ0n) is 14.3. The second-order valence-corrected chi connectivity index (χ2v) is 8.08. The summed E-state index contributed by atoms with van der Waals surface area (Å²) in [5.74, 6) is -0.425. The normalized spacial score (nSPS) is 13.3. The Morgan fingerprint density at radius 3 is 2.77 bits per heavy atom. The molecule has 2 aromatic heterocycles. The summed E-state index contributed by atoms with van der Waals surface area (Å²) in [6.07, 6.45) is 0. The number of hydrogen-bond donors (Lipinski definition) is 1. The van der Waals surface area contributed by atoms with Crippen LogP contribution in [0.25, 0.3) is 0 Å². The summed E-state index contributed by atoms with van der Waals surface area (Å²) < 4.78 is 14.7. The van der Waals surface area contributed by atoms with Crippen molar-refractivity contribution in [3.63, 3.8) is 0 Å². The van der Waals surface area contributed by atoms with Crippen molar-refractivity contribution in [3.8, 4) is 0 Å². The number of nitrogens with zero attached hydrogens (tertiary/aromatic N) is 4. The Hall–Kier alpha value is -2.26. The summed E-state index contributed by atoms with van der Waals surface area (Å²) in [5, 5.41) is 16.9. The van der Waals surface area contributed by atoms with Crippen molar-refractivity contribution < 1.29 is 9.18 Å². The van der Waals surface area contributed by atoms with Crippen molar-refractivity contribution in [1.82, 2.24) is 25.5 Å². The van der Waals surface area contributed by atoms with Gasteiger partial charge in [0.1, 0.15) is 5.82 Å². The van der Waals surface area contributed by atoms with Gasteiger partial charge in [-0.05, 0) is 53.4 Å². The summed E-state index contributed by atoms with van der Waals surface area (Å²) in [6.45, 7) is 4.25. The van der Waals surface area contributed by atoms with Crippen LogP contribution in [0.1, 0.15) is 30.3 Å². The molecule has 2 heterocycles. The van der Waals surface area contributed by atoms with Crippen LogP contribution in [0.15, 0.2) is 46.9 Å². The van der Waals surface area contributed by atoms with Crippen LogP contribution >= 0.6 is 23.1 Å². The first-order valence-corrected chi connectivity index (χ1v) is 9.80. The van der Waals surface area contributed by atoms with E-state index in [0.29, 0.717) is 11.7 Å². The van der Waals surface area contributed by atoms with E-state index < -0.39 is 0 Å². The minimum atomic E-state index is -0.369. The zero-order valence-corrected chi connectivity index (χ0v) is 15.9. The highest BCUT2D eigenvalue weighted by atomic mass is 32.2. The third kappa shape index (κ3) is 4.67. The highest BCUT2D eigenvalue weighted by molar-refractivity contribution is 8.00. The van der Waals surface area contributed by atoms with E-state index in [1.54, 1.807) is 28.2 Å². The maximum atomic E-state index is 13.0. The first-order chi connectivity index (χ1) is 12.5. The van der Waals surface area contributed by atoms with Gasteiger partial charge in [-0.15, -0.1) is 16.4 Å². The molecule has 0 bridgehead atoms. The molecule has 0 radical (unpaired) electrons. The Labute approximate surface area is 158 Å². The molecule has 3 rings (SSSR count). The van der Waals surface area contributed by atoms with Gasteiger partial charge in [0.25, 0.3) is 0 Å². The predicted octanol–water partition coefficient (Wildman–Crippen LogP) is 3.28. The van der Waals surface area contributed by atoms with E-state index in [-0.39, 0.29) is 23.0 Å². The number of carbonyl (C=O) groups is 1. The van der Waals surface area contributed by atoms with E-state index in [9.17, 15) is 9.18 Å². The molecule has 26 heavy (non-hydrogen) atoms. The second kappa shape index (κ2) is 8.41. The number of rotatable bonds is 7. The quantitative estimate of drug-likeness (QED) is 0.626. The van der Waals surface area contributed by atoms with Crippen molar-refractivity contribution in [3.05, 3.63) is 58.0 Å². The van der Waals surface area contributed by atoms with Crippen LogP contribution in [0.3, 0.4) is 0 Å². The van der Waals surface area contributed by atoms with Gasteiger partial charge >= 0.3 is 0 Å². The summed E-state index contributed by atoms with van der Waals surface area (Å²) in [7, 11) is 0. The lowest BCUT2D eigenvalue weighted by Crippen LogP contribution is -2.33. The summed E-state index contributed by atoms with van der Waals surface area (Å²) in [4.78, 5) is 13.6. The molecule has 0 aliphatic rings. The Balaban J connectivity index is 1.59. The Morgan fingerprint density at radius 2 is 2.08 bits per heavy atom. The number of thiophene rings is 1. The lowest BCUT2D eigenvalue weighted by Gasteiger charge is -2.17. The maximum absolute atomic E-state index is 13.0. The van der Waals surface area contributed by atoms with Crippen LogP contribution in [0.5, 0.6) is 0 Å². The van der Waals surface area contributed by atoms with Crippen LogP contribution in [-0.4, -0.2) is 31.4 Å². The highest BCUT2D eigenvalue weighted by Crippen LogP contribution is 2.23. The number of tetrazole rings is 1. The minimum Gasteiger partial charge on any atom is -0.349 e. The van der Waals surface area contributed by atoms with Gasteiger partial charge in [0.15, 0.2) is 0 Å². The minimum absolute atomic E-state index is 0.127. The number of hydrogen-bond acceptors (Lipinski definition) is 6. The van der Waals surface area contributed by atoms with Crippen LogP contribution < -0.4 is 5.32 Å². The van der Waals surface area contributed by atoms with Crippen molar-refractivity contribution >= 4 is 29.0 Å². The molecule has 0 saturated carbocycles. The second-order valence-electron chi connectivity index (χ2n) is 5.74. The average Bonchev–Trinajstić information content (AvgIpc) is 3.28. The van der Waals surface area contributed by atoms with Gasteiger partial charge in [-0.2, -0.15) is 0 Å². The third-order valence-corrected chi connectivity index (χ3v) is 5.70. The largest absolute Gasteiger partial charge is 0.349 e. The molecule has 2 unspecified atom stereocenters. The van der Waals surface area contributed by atoms with Crippen molar-refractivity contribution in [2.75, 3.05) is 0 Å². The summed E-state index contributed by atoms with van der Waals surface area (Å²) in [6, 6.07) is 9.88. The van der Waals surface area contributed by atoms with E-state index in [2.05, 4.69) is 20.8 Å². The highest BCUT2D eigenvalue weighted by Gasteiger charge is 2.20. The molecule has 9 heteroatoms. The molecule has 0 aliphatic heterocycles. The van der Waals surface area contributed by atoms with Crippen LogP contribution in [0, 0.1) is 5.82 Å². The Morgan fingerprint density at radius 1 is 1.31 bits per heavy atom. The SMILES string of the molecule is CC(Sc1nnnn1Cc1cccs1)C(=O)NC(C)c1ccc(F)cc1. The Bertz CT molecular complexity index is 850. The standard InChI is InChI=1S/C17H18FN5OS2/c1-11(13-5-7-14(18)8-6-13)19-16(24)12(2)26-17-20-21-22-23(17)10-15-4-3-9-25-15/h3-9,11-12H,10H2,1-2H3,(H,19,24). The third-order valence-electron chi connectivity index (χ3n) is 3.76. The number of aromatic nitrogens is 4. The summed E-state index contributed by atoms with van der Waals surface area (Å²) >= 11 is 2.94. The Kier molecular flexibility index (Phi) is 6.00. The molecule has 0 fully saturated rings. The first kappa shape index (κ1) is 18.5. The number of nitrogens with one attached hydrogen (secondary N) is 1. The van der Waals surface area contributed by atoms with Gasteiger partial charge in [0.2, 0.25) is 11.1 Å². The average molecular weight is 391 g/mol. The van der Waals surface area contributed by atoms with Gasteiger partial charge in [-0.1, -0.05) is 30.0 Å². The molecule has 1 amide bonds. The fourth-order valence-electron chi connectivity index (χ4n) is 2.31. The molecule has 1 aromatic carbocycles. The molecule has 0 aliphatic carbocycles. The van der Waals surface area contributed by atoms with Crippen LogP contribution in [0.2, 0.25) is 0 Å².